The SMILES string of the molecule is [2H]c1nc(NS(=O)(=O)NC([2H])([2H])C([2H])([2H])C)c(-c2ccc(Br)cc2)c(OC([2H])([2H])C([2H])([2H])Oc2ncc(C)cn2)n1. The molecule has 0 unspecified atom stereocenters. The van der Waals surface area contributed by atoms with Crippen LogP contribution in [-0.4, -0.2) is 48.0 Å². The summed E-state index contributed by atoms with van der Waals surface area (Å²) in [5, 5.41) is 0. The maximum Gasteiger partial charge on any atom is 0.316 e. The van der Waals surface area contributed by atoms with Crippen molar-refractivity contribution in [2.45, 2.75) is 20.2 Å². The van der Waals surface area contributed by atoms with Gasteiger partial charge in [0.15, 0.2) is 5.82 Å². The lowest BCUT2D eigenvalue weighted by Crippen LogP contribution is -2.31. The predicted molar refractivity (Wildman–Crippen MR) is 124 cm³/mol. The number of aryl methyl sites for hydroxylation is 1. The Kier molecular flexibility index (Phi) is 5.00. The summed E-state index contributed by atoms with van der Waals surface area (Å²) in [6.07, 6.45) is -0.905. The van der Waals surface area contributed by atoms with Crippen LogP contribution in [0, 0.1) is 6.92 Å². The van der Waals surface area contributed by atoms with Crippen molar-refractivity contribution in [2.75, 3.05) is 24.3 Å². The molecule has 0 fully saturated rings. The van der Waals surface area contributed by atoms with Gasteiger partial charge in [0.1, 0.15) is 20.8 Å². The number of hydrogen-bond donors (Lipinski definition) is 2. The van der Waals surface area contributed by atoms with E-state index in [1.54, 1.807) is 6.92 Å². The van der Waals surface area contributed by atoms with E-state index in [2.05, 4.69) is 35.9 Å². The van der Waals surface area contributed by atoms with Gasteiger partial charge in [-0.05, 0) is 36.6 Å². The number of ether oxygens (including phenoxy) is 2. The van der Waals surface area contributed by atoms with Gasteiger partial charge in [-0.25, -0.2) is 19.9 Å². The van der Waals surface area contributed by atoms with Crippen LogP contribution in [0.2, 0.25) is 0 Å². The van der Waals surface area contributed by atoms with Crippen LogP contribution in [0.3, 0.4) is 0 Å². The molecule has 1 aromatic carbocycles. The van der Waals surface area contributed by atoms with E-state index in [9.17, 15) is 8.42 Å². The molecule has 2 heterocycles. The van der Waals surface area contributed by atoms with E-state index in [1.807, 2.05) is 4.72 Å². The van der Waals surface area contributed by atoms with Gasteiger partial charge in [-0.3, -0.25) is 4.72 Å². The van der Waals surface area contributed by atoms with Crippen LogP contribution in [0.1, 0.15) is 31.2 Å². The molecule has 0 aliphatic rings. The molecule has 0 bridgehead atoms. The molecule has 12 heteroatoms. The summed E-state index contributed by atoms with van der Waals surface area (Å²) in [7, 11) is -4.93. The topological polar surface area (TPSA) is 128 Å². The highest BCUT2D eigenvalue weighted by Crippen LogP contribution is 2.34. The normalized spacial score (nSPS) is 17.2. The van der Waals surface area contributed by atoms with E-state index >= 15 is 0 Å². The molecule has 0 spiro atoms. The Balaban J connectivity index is 2.10. The number of benzene rings is 1. The van der Waals surface area contributed by atoms with Gasteiger partial charge >= 0.3 is 6.01 Å². The van der Waals surface area contributed by atoms with Crippen LogP contribution in [0.25, 0.3) is 11.1 Å². The number of nitrogens with one attached hydrogen (secondary N) is 2. The number of anilines is 1. The Morgan fingerprint density at radius 2 is 1.78 bits per heavy atom. The number of aromatic nitrogens is 4. The number of hydrogen-bond acceptors (Lipinski definition) is 8. The van der Waals surface area contributed by atoms with E-state index in [0.29, 0.717) is 10.0 Å². The maximum atomic E-state index is 12.8. The zero-order chi connectivity index (χ0) is 31.0. The third-order valence-corrected chi connectivity index (χ3v) is 4.89. The van der Waals surface area contributed by atoms with Gasteiger partial charge in [0.25, 0.3) is 10.2 Å². The Labute approximate surface area is 207 Å². The lowest BCUT2D eigenvalue weighted by atomic mass is 10.1. The third kappa shape index (κ3) is 6.84. The molecule has 0 aliphatic carbocycles. The number of nitrogens with zero attached hydrogens (tertiary/aromatic N) is 4. The van der Waals surface area contributed by atoms with Crippen molar-refractivity contribution in [3.05, 3.63) is 53.0 Å². The lowest BCUT2D eigenvalue weighted by molar-refractivity contribution is 0.202. The average molecular weight is 532 g/mol. The van der Waals surface area contributed by atoms with Gasteiger partial charge in [-0.15, -0.1) is 0 Å². The Hall–Kier alpha value is -2.83. The quantitative estimate of drug-likeness (QED) is 0.386. The largest absolute Gasteiger partial charge is 0.473 e. The molecule has 2 aromatic heterocycles. The van der Waals surface area contributed by atoms with Gasteiger partial charge in [0.2, 0.25) is 5.88 Å². The van der Waals surface area contributed by atoms with Crippen LogP contribution >= 0.6 is 15.9 Å². The van der Waals surface area contributed by atoms with E-state index in [0.717, 1.165) is 6.92 Å². The molecule has 3 aromatic rings. The molecule has 0 saturated heterocycles. The fourth-order valence-electron chi connectivity index (χ4n) is 2.20. The molecule has 0 amide bonds. The Morgan fingerprint density at radius 1 is 1.09 bits per heavy atom. The molecular weight excluding hydrogens is 500 g/mol. The highest BCUT2D eigenvalue weighted by Gasteiger charge is 2.19. The molecule has 170 valence electrons. The van der Waals surface area contributed by atoms with Crippen LogP contribution in [0.4, 0.5) is 5.82 Å². The van der Waals surface area contributed by atoms with E-state index in [4.69, 9.17) is 21.8 Å². The second kappa shape index (κ2) is 11.2. The number of rotatable bonds is 11. The van der Waals surface area contributed by atoms with E-state index in [-0.39, 0.29) is 11.1 Å². The standard InChI is InChI=1S/C20H23BrN6O4S/c1-3-8-26-32(28,29)27-18-17(15-4-6-16(21)7-5-15)19(25-13-24-18)30-9-10-31-20-22-11-14(2)12-23-20/h4-7,11-13,26H,3,8-10H2,1-2H3,(H,24,25,27)/i3D2,8D2,9D2,10D2,13D. The molecule has 0 atom stereocenters. The zero-order valence-electron chi connectivity index (χ0n) is 25.7. The average Bonchev–Trinajstić information content (AvgIpc) is 2.79. The van der Waals surface area contributed by atoms with Crippen molar-refractivity contribution >= 4 is 32.0 Å². The molecule has 0 radical (unpaired) electrons. The summed E-state index contributed by atoms with van der Waals surface area (Å²) >= 11 is 3.25. The zero-order valence-corrected chi connectivity index (χ0v) is 19.1. The van der Waals surface area contributed by atoms with Crippen molar-refractivity contribution in [3.63, 3.8) is 0 Å². The first-order valence-electron chi connectivity index (χ1n) is 13.3. The fraction of sp³-hybridized carbons (Fsp3) is 0.300. The first kappa shape index (κ1) is 14.3. The summed E-state index contributed by atoms with van der Waals surface area (Å²) in [6, 6.07) is 5.40. The van der Waals surface area contributed by atoms with Crippen LogP contribution < -0.4 is 18.9 Å². The van der Waals surface area contributed by atoms with Gasteiger partial charge in [-0.1, -0.05) is 35.0 Å². The first-order valence-corrected chi connectivity index (χ1v) is 11.0. The molecular formula is C20H23BrN6O4S. The second-order valence-electron chi connectivity index (χ2n) is 5.89. The minimum Gasteiger partial charge on any atom is -0.473 e. The molecule has 0 saturated carbocycles. The second-order valence-corrected chi connectivity index (χ2v) is 8.22. The maximum absolute atomic E-state index is 12.8. The van der Waals surface area contributed by atoms with Gasteiger partial charge < -0.3 is 9.47 Å². The van der Waals surface area contributed by atoms with Crippen molar-refractivity contribution in [1.29, 1.82) is 0 Å². The van der Waals surface area contributed by atoms with Crippen molar-refractivity contribution < 1.29 is 30.2 Å². The summed E-state index contributed by atoms with van der Waals surface area (Å²) in [6.45, 7) is -7.20. The van der Waals surface area contributed by atoms with Gasteiger partial charge in [0.05, 0.1) is 11.0 Å². The highest BCUT2D eigenvalue weighted by atomic mass is 79.9. The highest BCUT2D eigenvalue weighted by molar-refractivity contribution is 9.10. The molecule has 32 heavy (non-hydrogen) atoms. The molecule has 10 nitrogen and oxygen atoms in total. The Morgan fingerprint density at radius 3 is 2.47 bits per heavy atom. The summed E-state index contributed by atoms with van der Waals surface area (Å²) in [5.41, 5.74) is 0.395. The minimum absolute atomic E-state index is 0.119. The smallest absolute Gasteiger partial charge is 0.316 e. The van der Waals surface area contributed by atoms with Gasteiger partial charge in [-0.2, -0.15) is 13.1 Å². The summed E-state index contributed by atoms with van der Waals surface area (Å²) in [4.78, 5) is 15.0. The molecule has 0 aliphatic heterocycles. The van der Waals surface area contributed by atoms with Crippen LogP contribution in [0.5, 0.6) is 11.9 Å². The molecule has 3 rings (SSSR count). The van der Waals surface area contributed by atoms with Gasteiger partial charge in [0, 0.05) is 28.8 Å². The van der Waals surface area contributed by atoms with Crippen LogP contribution in [-0.2, 0) is 10.2 Å². The van der Waals surface area contributed by atoms with E-state index < -0.39 is 60.2 Å². The predicted octanol–water partition coefficient (Wildman–Crippen LogP) is 3.12. The molecule has 2 N–H and O–H groups in total. The summed E-state index contributed by atoms with van der Waals surface area (Å²) in [5.74, 6) is -1.46. The van der Waals surface area contributed by atoms with E-state index in [1.165, 1.54) is 41.4 Å². The first-order chi connectivity index (χ1) is 18.6. The Bertz CT molecular complexity index is 1510. The lowest BCUT2D eigenvalue weighted by Gasteiger charge is -2.15. The van der Waals surface area contributed by atoms with Crippen molar-refractivity contribution in [1.82, 2.24) is 24.7 Å². The monoisotopic (exact) mass is 531 g/mol. The summed E-state index contributed by atoms with van der Waals surface area (Å²) < 4.78 is 111. The van der Waals surface area contributed by atoms with Crippen molar-refractivity contribution in [3.8, 4) is 23.0 Å². The van der Waals surface area contributed by atoms with Crippen molar-refractivity contribution in [2.24, 2.45) is 0 Å². The van der Waals surface area contributed by atoms with Crippen LogP contribution in [0.15, 0.2) is 47.4 Å². The minimum atomic E-state index is -4.93. The number of halogens is 1. The third-order valence-electron chi connectivity index (χ3n) is 3.53. The fourth-order valence-corrected chi connectivity index (χ4v) is 3.15.